The van der Waals surface area contributed by atoms with Crippen LogP contribution in [0.15, 0.2) is 0 Å². The number of unbranched alkanes of at least 4 members (excludes halogenated alkanes) is 14. The van der Waals surface area contributed by atoms with Crippen LogP contribution in [0.5, 0.6) is 0 Å². The first-order valence-electron chi connectivity index (χ1n) is 11.5. The van der Waals surface area contributed by atoms with E-state index in [-0.39, 0.29) is 12.3 Å². The molecule has 0 saturated heterocycles. The van der Waals surface area contributed by atoms with Gasteiger partial charge in [-0.1, -0.05) is 103 Å². The molecule has 0 heterocycles. The molecule has 4 nitrogen and oxygen atoms in total. The molecule has 0 aliphatic carbocycles. The van der Waals surface area contributed by atoms with Gasteiger partial charge in [-0.15, -0.1) is 0 Å². The van der Waals surface area contributed by atoms with E-state index >= 15 is 0 Å². The lowest BCUT2D eigenvalue weighted by Gasteiger charge is -2.12. The van der Waals surface area contributed by atoms with Crippen LogP contribution < -0.4 is 0 Å². The number of aliphatic carboxylic acids is 2. The average Bonchev–Trinajstić information content (AvgIpc) is 2.63. The lowest BCUT2D eigenvalue weighted by molar-refractivity contribution is -0.142. The summed E-state index contributed by atoms with van der Waals surface area (Å²) in [5.41, 5.74) is 0. The first-order chi connectivity index (χ1) is 13.1. The molecule has 0 radical (unpaired) electrons. The van der Waals surface area contributed by atoms with Crippen LogP contribution in [0.3, 0.4) is 0 Å². The predicted octanol–water partition coefficient (Wildman–Crippen LogP) is 7.20. The highest BCUT2D eigenvalue weighted by atomic mass is 16.4. The van der Waals surface area contributed by atoms with Gasteiger partial charge >= 0.3 is 11.9 Å². The van der Waals surface area contributed by atoms with E-state index in [1.807, 2.05) is 0 Å². The Bertz CT molecular complexity index is 354. The van der Waals surface area contributed by atoms with Gasteiger partial charge in [0.25, 0.3) is 0 Å². The van der Waals surface area contributed by atoms with Gasteiger partial charge in [0, 0.05) is 6.42 Å². The summed E-state index contributed by atoms with van der Waals surface area (Å²) in [5, 5.41) is 18.0. The van der Waals surface area contributed by atoms with Crippen LogP contribution in [0.25, 0.3) is 0 Å². The van der Waals surface area contributed by atoms with Crippen molar-refractivity contribution in [2.45, 2.75) is 129 Å². The predicted molar refractivity (Wildman–Crippen MR) is 112 cm³/mol. The first-order valence-corrected chi connectivity index (χ1v) is 11.5. The normalized spacial score (nSPS) is 12.2. The summed E-state index contributed by atoms with van der Waals surface area (Å²) in [6.07, 6.45) is 20.6. The Hall–Kier alpha value is -1.06. The summed E-state index contributed by atoms with van der Waals surface area (Å²) in [7, 11) is 0. The van der Waals surface area contributed by atoms with Gasteiger partial charge in [-0.2, -0.15) is 0 Å². The maximum atomic E-state index is 11.4. The second-order valence-corrected chi connectivity index (χ2v) is 8.06. The number of hydrogen-bond acceptors (Lipinski definition) is 2. The van der Waals surface area contributed by atoms with Crippen molar-refractivity contribution in [2.75, 3.05) is 0 Å². The topological polar surface area (TPSA) is 74.6 Å². The van der Waals surface area contributed by atoms with Gasteiger partial charge in [0.15, 0.2) is 0 Å². The van der Waals surface area contributed by atoms with Crippen LogP contribution in [-0.4, -0.2) is 22.2 Å². The molecule has 160 valence electrons. The van der Waals surface area contributed by atoms with E-state index in [9.17, 15) is 14.7 Å². The molecule has 4 heteroatoms. The summed E-state index contributed by atoms with van der Waals surface area (Å²) < 4.78 is 0. The fourth-order valence-corrected chi connectivity index (χ4v) is 3.64. The van der Waals surface area contributed by atoms with E-state index in [4.69, 9.17) is 5.11 Å². The van der Waals surface area contributed by atoms with E-state index in [0.717, 1.165) is 51.4 Å². The van der Waals surface area contributed by atoms with E-state index in [0.29, 0.717) is 0 Å². The fourth-order valence-electron chi connectivity index (χ4n) is 3.64. The van der Waals surface area contributed by atoms with Gasteiger partial charge in [-0.05, 0) is 19.3 Å². The van der Waals surface area contributed by atoms with Crippen molar-refractivity contribution in [1.82, 2.24) is 0 Å². The zero-order valence-electron chi connectivity index (χ0n) is 17.7. The molecule has 0 aromatic rings. The lowest BCUT2D eigenvalue weighted by Crippen LogP contribution is -2.13. The molecule has 2 N–H and O–H groups in total. The van der Waals surface area contributed by atoms with Crippen LogP contribution in [0, 0.1) is 5.92 Å². The minimum Gasteiger partial charge on any atom is -0.481 e. The molecule has 1 unspecified atom stereocenters. The van der Waals surface area contributed by atoms with Crippen molar-refractivity contribution in [3.63, 3.8) is 0 Å². The largest absolute Gasteiger partial charge is 0.481 e. The molecular weight excluding hydrogens is 340 g/mol. The molecule has 27 heavy (non-hydrogen) atoms. The lowest BCUT2D eigenvalue weighted by atomic mass is 9.94. The monoisotopic (exact) mass is 384 g/mol. The maximum absolute atomic E-state index is 11.4. The molecule has 0 aliphatic rings. The zero-order valence-corrected chi connectivity index (χ0v) is 17.7. The van der Waals surface area contributed by atoms with Crippen molar-refractivity contribution in [3.05, 3.63) is 0 Å². The van der Waals surface area contributed by atoms with E-state index in [2.05, 4.69) is 6.92 Å². The van der Waals surface area contributed by atoms with Crippen molar-refractivity contribution in [1.29, 1.82) is 0 Å². The van der Waals surface area contributed by atoms with Crippen molar-refractivity contribution in [3.8, 4) is 0 Å². The fraction of sp³-hybridized carbons (Fsp3) is 0.913. The number of carbonyl (C=O) groups is 2. The number of hydrogen-bond donors (Lipinski definition) is 2. The Labute approximate surface area is 167 Å². The molecular formula is C23H44O4. The van der Waals surface area contributed by atoms with E-state index in [1.54, 1.807) is 0 Å². The van der Waals surface area contributed by atoms with Crippen molar-refractivity contribution >= 4 is 11.9 Å². The van der Waals surface area contributed by atoms with Gasteiger partial charge < -0.3 is 10.2 Å². The summed E-state index contributed by atoms with van der Waals surface area (Å²) in [5.74, 6) is -1.47. The highest BCUT2D eigenvalue weighted by molar-refractivity contribution is 5.69. The third-order valence-corrected chi connectivity index (χ3v) is 5.45. The Balaban J connectivity index is 3.48. The highest BCUT2D eigenvalue weighted by Gasteiger charge is 2.16. The van der Waals surface area contributed by atoms with E-state index < -0.39 is 11.9 Å². The smallest absolute Gasteiger partial charge is 0.306 e. The third-order valence-electron chi connectivity index (χ3n) is 5.45. The minimum atomic E-state index is -0.699. The zero-order chi connectivity index (χ0) is 20.2. The molecule has 0 bridgehead atoms. The van der Waals surface area contributed by atoms with E-state index in [1.165, 1.54) is 64.2 Å². The van der Waals surface area contributed by atoms with Crippen molar-refractivity contribution in [2.24, 2.45) is 5.92 Å². The second-order valence-electron chi connectivity index (χ2n) is 8.06. The van der Waals surface area contributed by atoms with Crippen LogP contribution in [-0.2, 0) is 9.59 Å². The maximum Gasteiger partial charge on any atom is 0.306 e. The number of carboxylic acid groups (broad SMARTS) is 2. The molecule has 0 saturated carbocycles. The molecule has 0 spiro atoms. The molecule has 0 aromatic carbocycles. The van der Waals surface area contributed by atoms with Gasteiger partial charge in [0.2, 0.25) is 0 Å². The Morgan fingerprint density at radius 2 is 0.963 bits per heavy atom. The van der Waals surface area contributed by atoms with Crippen LogP contribution >= 0.6 is 0 Å². The molecule has 0 amide bonds. The standard InChI is InChI=1S/C23H44O4/c1-2-3-4-5-6-9-12-15-18-21(23(26)27)19-16-13-10-7-8-11-14-17-20-22(24)25/h21H,2-20H2,1H3,(H,24,25)(H,26,27). The molecule has 0 aliphatic heterocycles. The van der Waals surface area contributed by atoms with Gasteiger partial charge in [0.1, 0.15) is 0 Å². The molecule has 0 rings (SSSR count). The molecule has 0 fully saturated rings. The second kappa shape index (κ2) is 19.7. The summed E-state index contributed by atoms with van der Waals surface area (Å²) >= 11 is 0. The first kappa shape index (κ1) is 25.9. The SMILES string of the molecule is CCCCCCCCCCC(CCCCCCCCCCC(=O)O)C(=O)O. The Kier molecular flexibility index (Phi) is 18.9. The quantitative estimate of drug-likeness (QED) is 0.205. The Morgan fingerprint density at radius 3 is 1.33 bits per heavy atom. The van der Waals surface area contributed by atoms with Crippen LogP contribution in [0.2, 0.25) is 0 Å². The average molecular weight is 385 g/mol. The van der Waals surface area contributed by atoms with Crippen LogP contribution in [0.1, 0.15) is 129 Å². The summed E-state index contributed by atoms with van der Waals surface area (Å²) in [6.45, 7) is 2.23. The summed E-state index contributed by atoms with van der Waals surface area (Å²) in [6, 6.07) is 0. The molecule has 0 aromatic heterocycles. The third kappa shape index (κ3) is 19.5. The van der Waals surface area contributed by atoms with Gasteiger partial charge in [-0.25, -0.2) is 0 Å². The number of rotatable bonds is 21. The Morgan fingerprint density at radius 1 is 0.593 bits per heavy atom. The van der Waals surface area contributed by atoms with Crippen molar-refractivity contribution < 1.29 is 19.8 Å². The van der Waals surface area contributed by atoms with Gasteiger partial charge in [-0.3, -0.25) is 9.59 Å². The highest BCUT2D eigenvalue weighted by Crippen LogP contribution is 2.20. The number of carboxylic acids is 2. The summed E-state index contributed by atoms with van der Waals surface area (Å²) in [4.78, 5) is 21.8. The van der Waals surface area contributed by atoms with Crippen LogP contribution in [0.4, 0.5) is 0 Å². The minimum absolute atomic E-state index is 0.152. The molecule has 1 atom stereocenters. The van der Waals surface area contributed by atoms with Gasteiger partial charge in [0.05, 0.1) is 5.92 Å².